The molecule has 0 amide bonds. The third-order valence-electron chi connectivity index (χ3n) is 2.46. The maximum Gasteiger partial charge on any atom is 0.0613 e. The van der Waals surface area contributed by atoms with E-state index in [0.29, 0.717) is 12.6 Å². The number of ether oxygens (including phenoxy) is 1. The SMILES string of the molecule is CCC(C)(CCO)NC(C)COC. The number of hydrogen-bond donors (Lipinski definition) is 2. The van der Waals surface area contributed by atoms with Gasteiger partial charge in [-0.3, -0.25) is 0 Å². The zero-order valence-electron chi connectivity index (χ0n) is 9.26. The fraction of sp³-hybridized carbons (Fsp3) is 1.00. The van der Waals surface area contributed by atoms with Gasteiger partial charge in [0.15, 0.2) is 0 Å². The zero-order valence-corrected chi connectivity index (χ0v) is 9.26. The highest BCUT2D eigenvalue weighted by Crippen LogP contribution is 2.14. The number of nitrogens with one attached hydrogen (secondary N) is 1. The van der Waals surface area contributed by atoms with Gasteiger partial charge in [-0.25, -0.2) is 0 Å². The van der Waals surface area contributed by atoms with E-state index >= 15 is 0 Å². The molecule has 0 saturated carbocycles. The van der Waals surface area contributed by atoms with E-state index < -0.39 is 0 Å². The van der Waals surface area contributed by atoms with Crippen molar-refractivity contribution < 1.29 is 9.84 Å². The fourth-order valence-electron chi connectivity index (χ4n) is 1.48. The van der Waals surface area contributed by atoms with Crippen LogP contribution in [0, 0.1) is 0 Å². The minimum atomic E-state index is 0.0344. The summed E-state index contributed by atoms with van der Waals surface area (Å²) in [5.74, 6) is 0. The Bertz CT molecular complexity index is 130. The molecule has 0 heterocycles. The molecule has 0 aliphatic heterocycles. The summed E-state index contributed by atoms with van der Waals surface area (Å²) in [7, 11) is 1.70. The lowest BCUT2D eigenvalue weighted by Gasteiger charge is -2.32. The third kappa shape index (κ3) is 5.24. The largest absolute Gasteiger partial charge is 0.396 e. The summed E-state index contributed by atoms with van der Waals surface area (Å²) in [6.45, 7) is 7.30. The molecule has 0 aromatic carbocycles. The van der Waals surface area contributed by atoms with Crippen LogP contribution in [0.1, 0.15) is 33.6 Å². The topological polar surface area (TPSA) is 41.5 Å². The molecule has 0 fully saturated rings. The van der Waals surface area contributed by atoms with Crippen molar-refractivity contribution in [3.05, 3.63) is 0 Å². The predicted octanol–water partition coefficient (Wildman–Crippen LogP) is 1.16. The van der Waals surface area contributed by atoms with Crippen molar-refractivity contribution in [3.63, 3.8) is 0 Å². The Morgan fingerprint density at radius 3 is 2.54 bits per heavy atom. The van der Waals surface area contributed by atoms with Crippen LogP contribution in [0.2, 0.25) is 0 Å². The normalized spacial score (nSPS) is 18.2. The molecule has 0 radical (unpaired) electrons. The molecule has 0 aromatic rings. The molecule has 2 N–H and O–H groups in total. The number of methoxy groups -OCH3 is 1. The van der Waals surface area contributed by atoms with E-state index in [1.807, 2.05) is 0 Å². The number of rotatable bonds is 7. The Morgan fingerprint density at radius 2 is 2.15 bits per heavy atom. The lowest BCUT2D eigenvalue weighted by molar-refractivity contribution is 0.140. The Morgan fingerprint density at radius 1 is 1.54 bits per heavy atom. The number of hydrogen-bond acceptors (Lipinski definition) is 3. The molecule has 0 aromatic heterocycles. The minimum Gasteiger partial charge on any atom is -0.396 e. The summed E-state index contributed by atoms with van der Waals surface area (Å²) in [6, 6.07) is 0.335. The van der Waals surface area contributed by atoms with Crippen LogP contribution in [0.5, 0.6) is 0 Å². The second-order valence-electron chi connectivity index (χ2n) is 3.89. The van der Waals surface area contributed by atoms with Gasteiger partial charge in [-0.15, -0.1) is 0 Å². The molecule has 0 saturated heterocycles. The summed E-state index contributed by atoms with van der Waals surface area (Å²) in [6.07, 6.45) is 1.80. The molecule has 3 nitrogen and oxygen atoms in total. The molecule has 3 heteroatoms. The van der Waals surface area contributed by atoms with Gasteiger partial charge in [0.2, 0.25) is 0 Å². The summed E-state index contributed by atoms with van der Waals surface area (Å²) in [4.78, 5) is 0. The van der Waals surface area contributed by atoms with E-state index in [1.54, 1.807) is 7.11 Å². The van der Waals surface area contributed by atoms with Crippen molar-refractivity contribution in [1.29, 1.82) is 0 Å². The average molecular weight is 189 g/mol. The molecule has 80 valence electrons. The lowest BCUT2D eigenvalue weighted by Crippen LogP contribution is -2.48. The van der Waals surface area contributed by atoms with Gasteiger partial charge in [0.05, 0.1) is 6.61 Å². The molecule has 0 bridgehead atoms. The van der Waals surface area contributed by atoms with Crippen molar-refractivity contribution in [1.82, 2.24) is 5.32 Å². The Labute approximate surface area is 81.5 Å². The smallest absolute Gasteiger partial charge is 0.0613 e. The number of aliphatic hydroxyl groups excluding tert-OH is 1. The highest BCUT2D eigenvalue weighted by molar-refractivity contribution is 4.83. The van der Waals surface area contributed by atoms with Crippen LogP contribution in [0.25, 0.3) is 0 Å². The van der Waals surface area contributed by atoms with Gasteiger partial charge in [0.1, 0.15) is 0 Å². The first-order valence-electron chi connectivity index (χ1n) is 4.95. The quantitative estimate of drug-likeness (QED) is 0.631. The van der Waals surface area contributed by atoms with Crippen molar-refractivity contribution in [2.45, 2.75) is 45.2 Å². The van der Waals surface area contributed by atoms with Gasteiger partial charge in [0, 0.05) is 25.3 Å². The van der Waals surface area contributed by atoms with Gasteiger partial charge in [-0.2, -0.15) is 0 Å². The minimum absolute atomic E-state index is 0.0344. The summed E-state index contributed by atoms with van der Waals surface area (Å²) >= 11 is 0. The van der Waals surface area contributed by atoms with Gasteiger partial charge >= 0.3 is 0 Å². The molecule has 0 aliphatic carbocycles. The van der Waals surface area contributed by atoms with Crippen molar-refractivity contribution in [2.24, 2.45) is 0 Å². The molecule has 0 aliphatic rings. The van der Waals surface area contributed by atoms with Gasteiger partial charge in [-0.05, 0) is 26.7 Å². The lowest BCUT2D eigenvalue weighted by atomic mass is 9.94. The average Bonchev–Trinajstić information content (AvgIpc) is 2.05. The van der Waals surface area contributed by atoms with Crippen LogP contribution in [-0.4, -0.2) is 37.0 Å². The molecule has 13 heavy (non-hydrogen) atoms. The van der Waals surface area contributed by atoms with E-state index in [4.69, 9.17) is 9.84 Å². The van der Waals surface area contributed by atoms with Crippen molar-refractivity contribution in [2.75, 3.05) is 20.3 Å². The highest BCUT2D eigenvalue weighted by atomic mass is 16.5. The highest BCUT2D eigenvalue weighted by Gasteiger charge is 2.22. The third-order valence-corrected chi connectivity index (χ3v) is 2.46. The monoisotopic (exact) mass is 189 g/mol. The Kier molecular flexibility index (Phi) is 6.29. The van der Waals surface area contributed by atoms with Crippen LogP contribution in [-0.2, 0) is 4.74 Å². The Balaban J connectivity index is 3.93. The van der Waals surface area contributed by atoms with Crippen LogP contribution < -0.4 is 5.32 Å². The van der Waals surface area contributed by atoms with Crippen LogP contribution in [0.3, 0.4) is 0 Å². The maximum absolute atomic E-state index is 8.90. The van der Waals surface area contributed by atoms with E-state index in [9.17, 15) is 0 Å². The maximum atomic E-state index is 8.90. The zero-order chi connectivity index (χ0) is 10.3. The first kappa shape index (κ1) is 12.9. The predicted molar refractivity (Wildman–Crippen MR) is 54.9 cm³/mol. The van der Waals surface area contributed by atoms with Gasteiger partial charge < -0.3 is 15.2 Å². The first-order chi connectivity index (χ1) is 6.08. The second kappa shape index (κ2) is 6.35. The van der Waals surface area contributed by atoms with E-state index in [0.717, 1.165) is 12.8 Å². The van der Waals surface area contributed by atoms with Crippen LogP contribution >= 0.6 is 0 Å². The molecule has 0 spiro atoms. The molecule has 2 atom stereocenters. The molecular weight excluding hydrogens is 166 g/mol. The van der Waals surface area contributed by atoms with E-state index in [2.05, 4.69) is 26.1 Å². The summed E-state index contributed by atoms with van der Waals surface area (Å²) < 4.78 is 5.05. The van der Waals surface area contributed by atoms with Crippen molar-refractivity contribution in [3.8, 4) is 0 Å². The van der Waals surface area contributed by atoms with E-state index in [-0.39, 0.29) is 12.1 Å². The molecular formula is C10H23NO2. The number of aliphatic hydroxyl groups is 1. The fourth-order valence-corrected chi connectivity index (χ4v) is 1.48. The van der Waals surface area contributed by atoms with Gasteiger partial charge in [0.25, 0.3) is 0 Å². The van der Waals surface area contributed by atoms with Crippen LogP contribution in [0.15, 0.2) is 0 Å². The summed E-state index contributed by atoms with van der Waals surface area (Å²) in [5.41, 5.74) is 0.0344. The molecule has 2 unspecified atom stereocenters. The Hall–Kier alpha value is -0.120. The standard InChI is InChI=1S/C10H23NO2/c1-5-10(3,6-7-12)11-9(2)8-13-4/h9,11-12H,5-8H2,1-4H3. The van der Waals surface area contributed by atoms with Crippen molar-refractivity contribution >= 4 is 0 Å². The van der Waals surface area contributed by atoms with Crippen LogP contribution in [0.4, 0.5) is 0 Å². The first-order valence-corrected chi connectivity index (χ1v) is 4.95. The second-order valence-corrected chi connectivity index (χ2v) is 3.89. The van der Waals surface area contributed by atoms with E-state index in [1.165, 1.54) is 0 Å². The molecule has 0 rings (SSSR count). The summed E-state index contributed by atoms with van der Waals surface area (Å²) in [5, 5.41) is 12.4. The van der Waals surface area contributed by atoms with Gasteiger partial charge in [-0.1, -0.05) is 6.92 Å².